The molecule has 136 valence electrons. The molecule has 2 aromatic rings. The molecule has 2 heterocycles. The minimum atomic E-state index is -3.30. The fraction of sp³-hybridized carbons (Fsp3) is 0.471. The molecular formula is C17H21ClN2O4S. The number of amides is 1. The molecule has 3 rings (SSSR count). The standard InChI is InChI=1S/C17H21ClN2O4S/c1-11-14-9-12(18)6-7-15(14)24-16(11)17(21)20-8-4-3-5-13(20)10-19-25(2,22)23/h6-7,9,13,19H,3-5,8,10H2,1-2H3. The number of furan rings is 1. The molecule has 0 aliphatic carbocycles. The summed E-state index contributed by atoms with van der Waals surface area (Å²) in [4.78, 5) is 14.7. The summed E-state index contributed by atoms with van der Waals surface area (Å²) in [6, 6.07) is 5.08. The summed E-state index contributed by atoms with van der Waals surface area (Å²) in [6.45, 7) is 2.64. The maximum atomic E-state index is 13.0. The quantitative estimate of drug-likeness (QED) is 0.878. The molecule has 1 aromatic carbocycles. The maximum Gasteiger partial charge on any atom is 0.290 e. The second-order valence-corrected chi connectivity index (χ2v) is 8.73. The zero-order valence-corrected chi connectivity index (χ0v) is 15.8. The van der Waals surface area contributed by atoms with Gasteiger partial charge >= 0.3 is 0 Å². The summed E-state index contributed by atoms with van der Waals surface area (Å²) in [6.07, 6.45) is 3.75. The molecule has 1 fully saturated rings. The molecule has 1 unspecified atom stereocenters. The van der Waals surface area contributed by atoms with Crippen LogP contribution in [0.2, 0.25) is 5.02 Å². The van der Waals surface area contributed by atoms with Crippen molar-refractivity contribution in [2.24, 2.45) is 0 Å². The number of likely N-dealkylation sites (tertiary alicyclic amines) is 1. The Morgan fingerprint density at radius 1 is 1.40 bits per heavy atom. The number of hydrogen-bond donors (Lipinski definition) is 1. The lowest BCUT2D eigenvalue weighted by Crippen LogP contribution is -2.49. The van der Waals surface area contributed by atoms with Crippen molar-refractivity contribution in [3.05, 3.63) is 34.5 Å². The van der Waals surface area contributed by atoms with E-state index in [-0.39, 0.29) is 18.5 Å². The van der Waals surface area contributed by atoms with Crippen molar-refractivity contribution in [2.75, 3.05) is 19.3 Å². The van der Waals surface area contributed by atoms with E-state index in [1.54, 1.807) is 23.1 Å². The molecule has 0 spiro atoms. The molecule has 1 amide bonds. The van der Waals surface area contributed by atoms with Crippen LogP contribution in [0.15, 0.2) is 22.6 Å². The first-order valence-electron chi connectivity index (χ1n) is 8.20. The zero-order chi connectivity index (χ0) is 18.2. The molecule has 6 nitrogen and oxygen atoms in total. The Morgan fingerprint density at radius 2 is 2.16 bits per heavy atom. The summed E-state index contributed by atoms with van der Waals surface area (Å²) in [5, 5.41) is 1.40. The van der Waals surface area contributed by atoms with Crippen molar-refractivity contribution < 1.29 is 17.6 Å². The van der Waals surface area contributed by atoms with Crippen LogP contribution >= 0.6 is 11.6 Å². The maximum absolute atomic E-state index is 13.0. The van der Waals surface area contributed by atoms with Crippen molar-refractivity contribution in [1.82, 2.24) is 9.62 Å². The third-order valence-corrected chi connectivity index (χ3v) is 5.49. The van der Waals surface area contributed by atoms with Crippen LogP contribution in [0.5, 0.6) is 0 Å². The van der Waals surface area contributed by atoms with E-state index < -0.39 is 10.0 Å². The van der Waals surface area contributed by atoms with Gasteiger partial charge < -0.3 is 9.32 Å². The smallest absolute Gasteiger partial charge is 0.290 e. The predicted molar refractivity (Wildman–Crippen MR) is 97.5 cm³/mol. The molecule has 1 aromatic heterocycles. The van der Waals surface area contributed by atoms with Gasteiger partial charge in [-0.25, -0.2) is 13.1 Å². The van der Waals surface area contributed by atoms with Crippen molar-refractivity contribution >= 4 is 38.5 Å². The van der Waals surface area contributed by atoms with Gasteiger partial charge in [-0.05, 0) is 44.4 Å². The third kappa shape index (κ3) is 3.99. The van der Waals surface area contributed by atoms with E-state index in [9.17, 15) is 13.2 Å². The van der Waals surface area contributed by atoms with Crippen LogP contribution in [0.25, 0.3) is 11.0 Å². The van der Waals surface area contributed by atoms with Crippen molar-refractivity contribution in [3.8, 4) is 0 Å². The summed E-state index contributed by atoms with van der Waals surface area (Å²) in [5.74, 6) is 0.0911. The number of fused-ring (bicyclic) bond motifs is 1. The second kappa shape index (κ2) is 6.97. The fourth-order valence-electron chi connectivity index (χ4n) is 3.26. The van der Waals surface area contributed by atoms with Crippen LogP contribution in [0, 0.1) is 6.92 Å². The number of nitrogens with one attached hydrogen (secondary N) is 1. The highest BCUT2D eigenvalue weighted by atomic mass is 35.5. The fourth-order valence-corrected chi connectivity index (χ4v) is 3.92. The van der Waals surface area contributed by atoms with Gasteiger partial charge in [-0.3, -0.25) is 4.79 Å². The van der Waals surface area contributed by atoms with Crippen molar-refractivity contribution in [3.63, 3.8) is 0 Å². The molecule has 1 N–H and O–H groups in total. The lowest BCUT2D eigenvalue weighted by Gasteiger charge is -2.35. The number of aryl methyl sites for hydroxylation is 1. The molecule has 0 bridgehead atoms. The number of carbonyl (C=O) groups is 1. The SMILES string of the molecule is Cc1c(C(=O)N2CCCCC2CNS(C)(=O)=O)oc2ccc(Cl)cc12. The highest BCUT2D eigenvalue weighted by Gasteiger charge is 2.31. The van der Waals surface area contributed by atoms with Crippen LogP contribution < -0.4 is 4.72 Å². The van der Waals surface area contributed by atoms with Crippen LogP contribution in [0.4, 0.5) is 0 Å². The van der Waals surface area contributed by atoms with E-state index in [0.29, 0.717) is 22.9 Å². The normalized spacial score (nSPS) is 18.7. The van der Waals surface area contributed by atoms with Gasteiger partial charge in [0, 0.05) is 35.1 Å². The first-order valence-corrected chi connectivity index (χ1v) is 10.5. The molecule has 1 atom stereocenters. The minimum Gasteiger partial charge on any atom is -0.451 e. The Balaban J connectivity index is 1.88. The van der Waals surface area contributed by atoms with Gasteiger partial charge in [0.05, 0.1) is 6.26 Å². The molecule has 0 radical (unpaired) electrons. The Labute approximate surface area is 152 Å². The minimum absolute atomic E-state index is 0.174. The Kier molecular flexibility index (Phi) is 5.09. The van der Waals surface area contributed by atoms with E-state index in [2.05, 4.69) is 4.72 Å². The number of piperidine rings is 1. The summed E-state index contributed by atoms with van der Waals surface area (Å²) in [7, 11) is -3.30. The van der Waals surface area contributed by atoms with Gasteiger partial charge in [-0.15, -0.1) is 0 Å². The molecule has 8 heteroatoms. The number of halogens is 1. The Bertz CT molecular complexity index is 907. The molecular weight excluding hydrogens is 364 g/mol. The molecule has 25 heavy (non-hydrogen) atoms. The van der Waals surface area contributed by atoms with Gasteiger partial charge in [0.2, 0.25) is 10.0 Å². The van der Waals surface area contributed by atoms with E-state index in [1.807, 2.05) is 6.92 Å². The van der Waals surface area contributed by atoms with Crippen molar-refractivity contribution in [2.45, 2.75) is 32.2 Å². The topological polar surface area (TPSA) is 79.6 Å². The summed E-state index contributed by atoms with van der Waals surface area (Å²) >= 11 is 6.03. The number of nitrogens with zero attached hydrogens (tertiary/aromatic N) is 1. The van der Waals surface area contributed by atoms with Gasteiger partial charge in [-0.2, -0.15) is 0 Å². The number of benzene rings is 1. The Morgan fingerprint density at radius 3 is 2.88 bits per heavy atom. The van der Waals surface area contributed by atoms with Gasteiger partial charge in [0.25, 0.3) is 5.91 Å². The summed E-state index contributed by atoms with van der Waals surface area (Å²) in [5.41, 5.74) is 1.37. The van der Waals surface area contributed by atoms with E-state index in [1.165, 1.54) is 0 Å². The summed E-state index contributed by atoms with van der Waals surface area (Å²) < 4.78 is 31.0. The van der Waals surface area contributed by atoms with Gasteiger partial charge in [-0.1, -0.05) is 11.6 Å². The lowest BCUT2D eigenvalue weighted by molar-refractivity contribution is 0.0587. The second-order valence-electron chi connectivity index (χ2n) is 6.47. The van der Waals surface area contributed by atoms with Crippen LogP contribution in [-0.4, -0.2) is 44.6 Å². The Hall–Kier alpha value is -1.57. The van der Waals surface area contributed by atoms with Crippen LogP contribution in [-0.2, 0) is 10.0 Å². The first-order chi connectivity index (χ1) is 11.8. The monoisotopic (exact) mass is 384 g/mol. The third-order valence-electron chi connectivity index (χ3n) is 4.56. The van der Waals surface area contributed by atoms with Crippen LogP contribution in [0.3, 0.4) is 0 Å². The zero-order valence-electron chi connectivity index (χ0n) is 14.2. The van der Waals surface area contributed by atoms with E-state index in [0.717, 1.165) is 36.5 Å². The van der Waals surface area contributed by atoms with Crippen LogP contribution in [0.1, 0.15) is 35.4 Å². The predicted octanol–water partition coefficient (Wildman–Crippen LogP) is 2.94. The number of sulfonamides is 1. The van der Waals surface area contributed by atoms with Crippen molar-refractivity contribution in [1.29, 1.82) is 0 Å². The average molecular weight is 385 g/mol. The molecule has 1 aliphatic heterocycles. The number of carbonyl (C=O) groups excluding carboxylic acids is 1. The molecule has 1 saturated heterocycles. The highest BCUT2D eigenvalue weighted by Crippen LogP contribution is 2.30. The first kappa shape index (κ1) is 18.2. The average Bonchev–Trinajstić information content (AvgIpc) is 2.88. The number of hydrogen-bond acceptors (Lipinski definition) is 4. The highest BCUT2D eigenvalue weighted by molar-refractivity contribution is 7.88. The van der Waals surface area contributed by atoms with E-state index >= 15 is 0 Å². The lowest BCUT2D eigenvalue weighted by atomic mass is 10.0. The molecule has 1 aliphatic rings. The van der Waals surface area contributed by atoms with E-state index in [4.69, 9.17) is 16.0 Å². The van der Waals surface area contributed by atoms with Gasteiger partial charge in [0.1, 0.15) is 5.58 Å². The molecule has 0 saturated carbocycles. The largest absolute Gasteiger partial charge is 0.451 e. The number of rotatable bonds is 4. The van der Waals surface area contributed by atoms with Gasteiger partial charge in [0.15, 0.2) is 5.76 Å².